The molecule has 2 rings (SSSR count). The summed E-state index contributed by atoms with van der Waals surface area (Å²) >= 11 is 5.08. The van der Waals surface area contributed by atoms with Crippen molar-refractivity contribution in [3.05, 3.63) is 22.4 Å². The molecule has 0 spiro atoms. The van der Waals surface area contributed by atoms with Gasteiger partial charge in [0.1, 0.15) is 4.60 Å². The van der Waals surface area contributed by atoms with Gasteiger partial charge in [0.25, 0.3) is 0 Å². The molecule has 1 N–H and O–H groups in total. The van der Waals surface area contributed by atoms with Crippen molar-refractivity contribution in [2.75, 3.05) is 11.1 Å². The molecular weight excluding hydrogens is 300 g/mol. The van der Waals surface area contributed by atoms with Crippen LogP contribution in [0.25, 0.3) is 0 Å². The molecule has 17 heavy (non-hydrogen) atoms. The number of nitrogens with zero attached hydrogens (tertiary/aromatic N) is 1. The van der Waals surface area contributed by atoms with Gasteiger partial charge in [-0.05, 0) is 60.0 Å². The molecule has 1 aromatic rings. The van der Waals surface area contributed by atoms with Gasteiger partial charge in [-0.3, -0.25) is 4.79 Å². The highest BCUT2D eigenvalue weighted by atomic mass is 79.9. The molecule has 3 nitrogen and oxygen atoms in total. The van der Waals surface area contributed by atoms with Crippen LogP contribution in [-0.2, 0) is 4.79 Å². The molecule has 1 saturated heterocycles. The molecule has 2 heterocycles. The Hall–Kier alpha value is -0.550. The molecule has 1 aliphatic rings. The van der Waals surface area contributed by atoms with E-state index in [2.05, 4.69) is 26.2 Å². The Labute approximate surface area is 114 Å². The number of hydrogen-bond acceptors (Lipinski definition) is 3. The third kappa shape index (κ3) is 2.83. The van der Waals surface area contributed by atoms with Crippen molar-refractivity contribution in [2.24, 2.45) is 0 Å². The Bertz CT molecular complexity index is 444. The van der Waals surface area contributed by atoms with Gasteiger partial charge in [-0.25, -0.2) is 4.98 Å². The van der Waals surface area contributed by atoms with E-state index in [9.17, 15) is 4.79 Å². The molecule has 1 aromatic heterocycles. The van der Waals surface area contributed by atoms with Crippen LogP contribution in [0.1, 0.15) is 25.3 Å². The molecule has 0 aromatic carbocycles. The summed E-state index contributed by atoms with van der Waals surface area (Å²) in [5.74, 6) is 1.16. The average molecular weight is 315 g/mol. The predicted octanol–water partition coefficient (Wildman–Crippen LogP) is 3.38. The van der Waals surface area contributed by atoms with Gasteiger partial charge in [0.2, 0.25) is 5.91 Å². The van der Waals surface area contributed by atoms with Crippen LogP contribution in [0, 0.1) is 6.92 Å². The Morgan fingerprint density at radius 3 is 3.00 bits per heavy atom. The van der Waals surface area contributed by atoms with Crippen LogP contribution in [0.15, 0.2) is 16.9 Å². The van der Waals surface area contributed by atoms with E-state index >= 15 is 0 Å². The smallest absolute Gasteiger partial charge is 0.240 e. The van der Waals surface area contributed by atoms with E-state index in [1.54, 1.807) is 18.0 Å². The summed E-state index contributed by atoms with van der Waals surface area (Å²) in [7, 11) is 0. The van der Waals surface area contributed by atoms with E-state index < -0.39 is 0 Å². The maximum Gasteiger partial charge on any atom is 0.240 e. The molecule has 0 radical (unpaired) electrons. The number of nitrogens with one attached hydrogen (secondary N) is 1. The Kier molecular flexibility index (Phi) is 3.78. The first-order chi connectivity index (χ1) is 8.01. The van der Waals surface area contributed by atoms with Crippen LogP contribution in [-0.4, -0.2) is 21.4 Å². The van der Waals surface area contributed by atoms with Gasteiger partial charge < -0.3 is 5.32 Å². The third-order valence-corrected chi connectivity index (χ3v) is 5.32. The largest absolute Gasteiger partial charge is 0.324 e. The first-order valence-corrected chi connectivity index (χ1v) is 7.37. The highest BCUT2D eigenvalue weighted by Gasteiger charge is 2.37. The van der Waals surface area contributed by atoms with Crippen LogP contribution in [0.5, 0.6) is 0 Å². The van der Waals surface area contributed by atoms with Crippen LogP contribution >= 0.6 is 27.7 Å². The number of anilines is 1. The standard InChI is InChI=1S/C12H15BrN2OS/c1-8-6-9(7-14-10(8)13)15-11(16)12(2)4-3-5-17-12/h6-7H,3-5H2,1-2H3,(H,15,16). The quantitative estimate of drug-likeness (QED) is 0.851. The number of thioether (sulfide) groups is 1. The van der Waals surface area contributed by atoms with Crippen LogP contribution in [0.4, 0.5) is 5.69 Å². The fourth-order valence-electron chi connectivity index (χ4n) is 1.85. The number of halogens is 1. The molecule has 92 valence electrons. The van der Waals surface area contributed by atoms with Gasteiger partial charge in [0.05, 0.1) is 16.6 Å². The monoisotopic (exact) mass is 314 g/mol. The summed E-state index contributed by atoms with van der Waals surface area (Å²) in [4.78, 5) is 16.3. The fourth-order valence-corrected chi connectivity index (χ4v) is 3.27. The highest BCUT2D eigenvalue weighted by molar-refractivity contribution is 9.10. The summed E-state index contributed by atoms with van der Waals surface area (Å²) in [6, 6.07) is 1.93. The number of aryl methyl sites for hydroxylation is 1. The normalized spacial score (nSPS) is 23.7. The second-order valence-corrected chi connectivity index (χ2v) is 6.82. The molecule has 0 saturated carbocycles. The number of amides is 1. The van der Waals surface area contributed by atoms with Gasteiger partial charge in [0, 0.05) is 0 Å². The average Bonchev–Trinajstić information content (AvgIpc) is 2.72. The minimum absolute atomic E-state index is 0.0866. The zero-order valence-electron chi connectivity index (χ0n) is 9.92. The van der Waals surface area contributed by atoms with Crippen LogP contribution < -0.4 is 5.32 Å². The van der Waals surface area contributed by atoms with Gasteiger partial charge >= 0.3 is 0 Å². The Morgan fingerprint density at radius 1 is 1.65 bits per heavy atom. The molecule has 1 unspecified atom stereocenters. The second-order valence-electron chi connectivity index (χ2n) is 4.47. The van der Waals surface area contributed by atoms with Gasteiger partial charge in [-0.15, -0.1) is 11.8 Å². The van der Waals surface area contributed by atoms with E-state index in [1.807, 2.05) is 19.9 Å². The van der Waals surface area contributed by atoms with E-state index in [0.29, 0.717) is 0 Å². The predicted molar refractivity (Wildman–Crippen MR) is 75.4 cm³/mol. The maximum absolute atomic E-state index is 12.2. The van der Waals surface area contributed by atoms with Crippen molar-refractivity contribution in [1.29, 1.82) is 0 Å². The first kappa shape index (κ1) is 12.9. The lowest BCUT2D eigenvalue weighted by Crippen LogP contribution is -2.34. The topological polar surface area (TPSA) is 42.0 Å². The van der Waals surface area contributed by atoms with E-state index in [0.717, 1.165) is 34.4 Å². The maximum atomic E-state index is 12.2. The molecule has 1 aliphatic heterocycles. The highest BCUT2D eigenvalue weighted by Crippen LogP contribution is 2.38. The zero-order valence-corrected chi connectivity index (χ0v) is 12.3. The summed E-state index contributed by atoms with van der Waals surface area (Å²) < 4.78 is 0.540. The zero-order chi connectivity index (χ0) is 12.5. The van der Waals surface area contributed by atoms with Crippen molar-refractivity contribution < 1.29 is 4.79 Å². The van der Waals surface area contributed by atoms with Gasteiger partial charge in [0.15, 0.2) is 0 Å². The molecular formula is C12H15BrN2OS. The molecule has 5 heteroatoms. The van der Waals surface area contributed by atoms with Crippen molar-refractivity contribution in [2.45, 2.75) is 31.4 Å². The van der Waals surface area contributed by atoms with Crippen molar-refractivity contribution in [3.63, 3.8) is 0 Å². The van der Waals surface area contributed by atoms with E-state index in [1.165, 1.54) is 0 Å². The summed E-state index contributed by atoms with van der Waals surface area (Å²) in [6.07, 6.45) is 3.75. The second kappa shape index (κ2) is 4.98. The minimum Gasteiger partial charge on any atom is -0.324 e. The van der Waals surface area contributed by atoms with Gasteiger partial charge in [-0.2, -0.15) is 0 Å². The molecule has 1 amide bonds. The number of pyridine rings is 1. The summed E-state index contributed by atoms with van der Waals surface area (Å²) in [5, 5.41) is 2.95. The van der Waals surface area contributed by atoms with Crippen molar-refractivity contribution in [3.8, 4) is 0 Å². The fraction of sp³-hybridized carbons (Fsp3) is 0.500. The number of hydrogen-bond donors (Lipinski definition) is 1. The summed E-state index contributed by atoms with van der Waals surface area (Å²) in [6.45, 7) is 3.97. The summed E-state index contributed by atoms with van der Waals surface area (Å²) in [5.41, 5.74) is 1.79. The van der Waals surface area contributed by atoms with Crippen molar-refractivity contribution >= 4 is 39.3 Å². The lowest BCUT2D eigenvalue weighted by molar-refractivity contribution is -0.118. The molecule has 0 bridgehead atoms. The van der Waals surface area contributed by atoms with Crippen LogP contribution in [0.2, 0.25) is 0 Å². The SMILES string of the molecule is Cc1cc(NC(=O)C2(C)CCCS2)cnc1Br. The van der Waals surface area contributed by atoms with E-state index in [4.69, 9.17) is 0 Å². The van der Waals surface area contributed by atoms with Crippen molar-refractivity contribution in [1.82, 2.24) is 4.98 Å². The third-order valence-electron chi connectivity index (χ3n) is 2.97. The molecule has 0 aliphatic carbocycles. The lowest BCUT2D eigenvalue weighted by atomic mass is 10.0. The van der Waals surface area contributed by atoms with Crippen LogP contribution in [0.3, 0.4) is 0 Å². The number of carbonyl (C=O) groups excluding carboxylic acids is 1. The van der Waals surface area contributed by atoms with E-state index in [-0.39, 0.29) is 10.7 Å². The number of carbonyl (C=O) groups is 1. The molecule has 1 atom stereocenters. The Balaban J connectivity index is 2.10. The number of aromatic nitrogens is 1. The number of rotatable bonds is 2. The first-order valence-electron chi connectivity index (χ1n) is 5.59. The van der Waals surface area contributed by atoms with Gasteiger partial charge in [-0.1, -0.05) is 0 Å². The Morgan fingerprint density at radius 2 is 2.41 bits per heavy atom. The minimum atomic E-state index is -0.277. The molecule has 1 fully saturated rings. The lowest BCUT2D eigenvalue weighted by Gasteiger charge is -2.21.